The van der Waals surface area contributed by atoms with Crippen LogP contribution in [0.4, 0.5) is 5.69 Å². The summed E-state index contributed by atoms with van der Waals surface area (Å²) in [5.74, 6) is 0.868. The Hall–Kier alpha value is -1.06. The van der Waals surface area contributed by atoms with E-state index in [4.69, 9.17) is 0 Å². The molecule has 2 aliphatic rings. The largest absolute Gasteiger partial charge is 0.378 e. The Morgan fingerprint density at radius 3 is 2.60 bits per heavy atom. The predicted octanol–water partition coefficient (Wildman–Crippen LogP) is 2.50. The third kappa shape index (κ3) is 2.70. The molecule has 3 nitrogen and oxygen atoms in total. The Morgan fingerprint density at radius 1 is 1.20 bits per heavy atom. The maximum Gasteiger partial charge on any atom is 0.0361 e. The first-order chi connectivity index (χ1) is 9.65. The quantitative estimate of drug-likeness (QED) is 0.913. The van der Waals surface area contributed by atoms with E-state index < -0.39 is 0 Å². The molecule has 2 aliphatic heterocycles. The van der Waals surface area contributed by atoms with Crippen molar-refractivity contribution in [2.24, 2.45) is 5.92 Å². The molecule has 0 spiro atoms. The first-order valence-corrected chi connectivity index (χ1v) is 7.90. The van der Waals surface area contributed by atoms with Crippen molar-refractivity contribution in [1.29, 1.82) is 0 Å². The number of nitrogens with zero attached hydrogens (tertiary/aromatic N) is 2. The number of hydrogen-bond donors (Lipinski definition) is 1. The molecule has 3 atom stereocenters. The van der Waals surface area contributed by atoms with E-state index in [0.29, 0.717) is 6.04 Å². The third-order valence-electron chi connectivity index (χ3n) is 5.07. The molecule has 1 aromatic rings. The molecule has 20 heavy (non-hydrogen) atoms. The van der Waals surface area contributed by atoms with Crippen LogP contribution in [0.15, 0.2) is 24.3 Å². The monoisotopic (exact) mass is 273 g/mol. The highest BCUT2D eigenvalue weighted by atomic mass is 15.2. The van der Waals surface area contributed by atoms with Crippen molar-refractivity contribution in [3.63, 3.8) is 0 Å². The van der Waals surface area contributed by atoms with E-state index in [1.807, 2.05) is 0 Å². The molecule has 110 valence electrons. The number of benzene rings is 1. The normalized spacial score (nSPS) is 28.1. The molecule has 3 heteroatoms. The molecular formula is C17H27N3. The SMILES string of the molecule is CC(c1ccc(N(C)C)cc1)N1C[C@@H]2CCCN[C@@H]2C1. The first kappa shape index (κ1) is 13.9. The van der Waals surface area contributed by atoms with Crippen molar-refractivity contribution in [3.05, 3.63) is 29.8 Å². The topological polar surface area (TPSA) is 18.5 Å². The maximum atomic E-state index is 3.69. The molecule has 0 radical (unpaired) electrons. The zero-order valence-electron chi connectivity index (χ0n) is 13.0. The maximum absolute atomic E-state index is 3.69. The van der Waals surface area contributed by atoms with Crippen molar-refractivity contribution in [2.75, 3.05) is 38.6 Å². The zero-order chi connectivity index (χ0) is 14.1. The lowest BCUT2D eigenvalue weighted by Crippen LogP contribution is -2.40. The van der Waals surface area contributed by atoms with Crippen molar-refractivity contribution < 1.29 is 0 Å². The molecular weight excluding hydrogens is 246 g/mol. The number of nitrogens with one attached hydrogen (secondary N) is 1. The van der Waals surface area contributed by atoms with Gasteiger partial charge in [-0.2, -0.15) is 0 Å². The Bertz CT molecular complexity index is 426. The van der Waals surface area contributed by atoms with Crippen LogP contribution < -0.4 is 10.2 Å². The fourth-order valence-electron chi connectivity index (χ4n) is 3.66. The molecule has 0 aliphatic carbocycles. The summed E-state index contributed by atoms with van der Waals surface area (Å²) in [6.45, 7) is 6.03. The van der Waals surface area contributed by atoms with Crippen LogP contribution in [0.1, 0.15) is 31.4 Å². The van der Waals surface area contributed by atoms with Gasteiger partial charge in [0.15, 0.2) is 0 Å². The molecule has 2 fully saturated rings. The van der Waals surface area contributed by atoms with Gasteiger partial charge in [0.1, 0.15) is 0 Å². The van der Waals surface area contributed by atoms with Gasteiger partial charge in [-0.15, -0.1) is 0 Å². The van der Waals surface area contributed by atoms with Crippen LogP contribution in [0.3, 0.4) is 0 Å². The smallest absolute Gasteiger partial charge is 0.0361 e. The lowest BCUT2D eigenvalue weighted by Gasteiger charge is -2.25. The number of anilines is 1. The van der Waals surface area contributed by atoms with Gasteiger partial charge in [-0.3, -0.25) is 4.90 Å². The number of fused-ring (bicyclic) bond motifs is 1. The standard InChI is InChI=1S/C17H27N3/c1-13(14-6-8-16(9-7-14)19(2)3)20-11-15-5-4-10-18-17(15)12-20/h6-9,13,15,17-18H,4-5,10-12H2,1-3H3/t13?,15-,17+/m0/s1. The summed E-state index contributed by atoms with van der Waals surface area (Å²) in [6.07, 6.45) is 2.75. The molecule has 0 aromatic heterocycles. The van der Waals surface area contributed by atoms with E-state index in [2.05, 4.69) is 60.4 Å². The van der Waals surface area contributed by atoms with E-state index in [0.717, 1.165) is 12.0 Å². The summed E-state index contributed by atoms with van der Waals surface area (Å²) >= 11 is 0. The van der Waals surface area contributed by atoms with E-state index >= 15 is 0 Å². The zero-order valence-corrected chi connectivity index (χ0v) is 13.0. The minimum atomic E-state index is 0.526. The lowest BCUT2D eigenvalue weighted by molar-refractivity contribution is 0.251. The average molecular weight is 273 g/mol. The number of rotatable bonds is 3. The predicted molar refractivity (Wildman–Crippen MR) is 85.3 cm³/mol. The Balaban J connectivity index is 1.68. The number of hydrogen-bond acceptors (Lipinski definition) is 3. The van der Waals surface area contributed by atoms with E-state index in [1.165, 1.54) is 43.7 Å². The fraction of sp³-hybridized carbons (Fsp3) is 0.647. The van der Waals surface area contributed by atoms with Crippen molar-refractivity contribution in [3.8, 4) is 0 Å². The molecule has 1 unspecified atom stereocenters. The molecule has 0 saturated carbocycles. The number of likely N-dealkylation sites (tertiary alicyclic amines) is 1. The first-order valence-electron chi connectivity index (χ1n) is 7.90. The summed E-state index contributed by atoms with van der Waals surface area (Å²) in [5, 5.41) is 3.69. The number of piperidine rings is 1. The van der Waals surface area contributed by atoms with Gasteiger partial charge in [0, 0.05) is 45.0 Å². The van der Waals surface area contributed by atoms with Crippen molar-refractivity contribution >= 4 is 5.69 Å². The lowest BCUT2D eigenvalue weighted by atomic mass is 9.94. The molecule has 1 N–H and O–H groups in total. The van der Waals surface area contributed by atoms with Gasteiger partial charge in [-0.1, -0.05) is 12.1 Å². The Kier molecular flexibility index (Phi) is 3.99. The second-order valence-corrected chi connectivity index (χ2v) is 6.58. The molecule has 2 heterocycles. The molecule has 2 saturated heterocycles. The van der Waals surface area contributed by atoms with Crippen LogP contribution in [0.25, 0.3) is 0 Å². The highest BCUT2D eigenvalue weighted by Gasteiger charge is 2.36. The fourth-order valence-corrected chi connectivity index (χ4v) is 3.66. The van der Waals surface area contributed by atoms with Crippen LogP contribution in [0.5, 0.6) is 0 Å². The van der Waals surface area contributed by atoms with Gasteiger partial charge in [-0.05, 0) is 49.9 Å². The van der Waals surface area contributed by atoms with E-state index in [9.17, 15) is 0 Å². The molecule has 3 rings (SSSR count). The Labute approximate surface area is 123 Å². The van der Waals surface area contributed by atoms with Gasteiger partial charge in [0.05, 0.1) is 0 Å². The molecule has 0 amide bonds. The van der Waals surface area contributed by atoms with E-state index in [-0.39, 0.29) is 0 Å². The van der Waals surface area contributed by atoms with Crippen LogP contribution in [-0.2, 0) is 0 Å². The molecule has 0 bridgehead atoms. The third-order valence-corrected chi connectivity index (χ3v) is 5.07. The average Bonchev–Trinajstić information content (AvgIpc) is 2.90. The van der Waals surface area contributed by atoms with Crippen LogP contribution in [0, 0.1) is 5.92 Å². The van der Waals surface area contributed by atoms with Gasteiger partial charge in [0.2, 0.25) is 0 Å². The van der Waals surface area contributed by atoms with Crippen LogP contribution >= 0.6 is 0 Å². The Morgan fingerprint density at radius 2 is 1.95 bits per heavy atom. The summed E-state index contributed by atoms with van der Waals surface area (Å²) in [7, 11) is 4.19. The van der Waals surface area contributed by atoms with Crippen LogP contribution in [-0.4, -0.2) is 44.7 Å². The van der Waals surface area contributed by atoms with E-state index in [1.54, 1.807) is 0 Å². The highest BCUT2D eigenvalue weighted by molar-refractivity contribution is 5.46. The minimum Gasteiger partial charge on any atom is -0.378 e. The second-order valence-electron chi connectivity index (χ2n) is 6.58. The summed E-state index contributed by atoms with van der Waals surface area (Å²) in [4.78, 5) is 4.81. The molecule has 1 aromatic carbocycles. The van der Waals surface area contributed by atoms with Gasteiger partial charge >= 0.3 is 0 Å². The van der Waals surface area contributed by atoms with Gasteiger partial charge < -0.3 is 10.2 Å². The minimum absolute atomic E-state index is 0.526. The summed E-state index contributed by atoms with van der Waals surface area (Å²) in [5.41, 5.74) is 2.71. The van der Waals surface area contributed by atoms with Gasteiger partial charge in [0.25, 0.3) is 0 Å². The van der Waals surface area contributed by atoms with Gasteiger partial charge in [-0.25, -0.2) is 0 Å². The summed E-state index contributed by atoms with van der Waals surface area (Å²) < 4.78 is 0. The highest BCUT2D eigenvalue weighted by Crippen LogP contribution is 2.31. The second kappa shape index (κ2) is 5.74. The summed E-state index contributed by atoms with van der Waals surface area (Å²) in [6, 6.07) is 10.3. The van der Waals surface area contributed by atoms with Crippen molar-refractivity contribution in [1.82, 2.24) is 10.2 Å². The van der Waals surface area contributed by atoms with Crippen LogP contribution in [0.2, 0.25) is 0 Å². The van der Waals surface area contributed by atoms with Crippen molar-refractivity contribution in [2.45, 2.75) is 31.8 Å².